The minimum Gasteiger partial charge on any atom is -0.378 e. The van der Waals surface area contributed by atoms with Gasteiger partial charge in [-0.1, -0.05) is 0 Å². The van der Waals surface area contributed by atoms with Crippen LogP contribution in [0.2, 0.25) is 0 Å². The van der Waals surface area contributed by atoms with Crippen molar-refractivity contribution in [2.45, 2.75) is 6.42 Å². The van der Waals surface area contributed by atoms with Gasteiger partial charge < -0.3 is 9.64 Å². The van der Waals surface area contributed by atoms with Crippen molar-refractivity contribution >= 4 is 5.91 Å². The van der Waals surface area contributed by atoms with Crippen LogP contribution in [0.3, 0.4) is 0 Å². The van der Waals surface area contributed by atoms with E-state index in [9.17, 15) is 4.79 Å². The molecule has 0 N–H and O–H groups in total. The summed E-state index contributed by atoms with van der Waals surface area (Å²) >= 11 is 0. The lowest BCUT2D eigenvalue weighted by Crippen LogP contribution is -2.40. The fraction of sp³-hybridized carbons (Fsp3) is 0.714. The van der Waals surface area contributed by atoms with Gasteiger partial charge in [-0.05, 0) is 6.92 Å². The van der Waals surface area contributed by atoms with Crippen molar-refractivity contribution in [2.75, 3.05) is 26.3 Å². The molecule has 3 nitrogen and oxygen atoms in total. The van der Waals surface area contributed by atoms with Crippen LogP contribution in [0.5, 0.6) is 0 Å². The molecule has 10 heavy (non-hydrogen) atoms. The average Bonchev–Trinajstić information content (AvgIpc) is 2.05. The van der Waals surface area contributed by atoms with Crippen LogP contribution in [0, 0.1) is 6.92 Å². The van der Waals surface area contributed by atoms with Gasteiger partial charge in [0.25, 0.3) is 0 Å². The summed E-state index contributed by atoms with van der Waals surface area (Å²) in [5.41, 5.74) is 0. The molecule has 0 aromatic carbocycles. The van der Waals surface area contributed by atoms with E-state index < -0.39 is 0 Å². The minimum absolute atomic E-state index is 0.128. The minimum atomic E-state index is 0.128. The van der Waals surface area contributed by atoms with E-state index in [0.717, 1.165) is 13.1 Å². The Morgan fingerprint density at radius 1 is 1.50 bits per heavy atom. The Balaban J connectivity index is 2.31. The van der Waals surface area contributed by atoms with Gasteiger partial charge in [-0.2, -0.15) is 0 Å². The molecule has 0 spiro atoms. The number of amides is 1. The number of nitrogens with zero attached hydrogens (tertiary/aromatic N) is 1. The third-order valence-corrected chi connectivity index (χ3v) is 1.58. The largest absolute Gasteiger partial charge is 0.378 e. The van der Waals surface area contributed by atoms with Gasteiger partial charge in [-0.15, -0.1) is 0 Å². The van der Waals surface area contributed by atoms with E-state index >= 15 is 0 Å². The molecule has 1 rings (SSSR count). The zero-order valence-corrected chi connectivity index (χ0v) is 6.01. The van der Waals surface area contributed by atoms with E-state index in [2.05, 4.69) is 6.92 Å². The normalized spacial score (nSPS) is 19.1. The van der Waals surface area contributed by atoms with E-state index in [1.165, 1.54) is 0 Å². The van der Waals surface area contributed by atoms with Gasteiger partial charge in [0.1, 0.15) is 0 Å². The summed E-state index contributed by atoms with van der Waals surface area (Å²) in [6.07, 6.45) is 0.361. The van der Waals surface area contributed by atoms with Gasteiger partial charge in [-0.3, -0.25) is 4.79 Å². The van der Waals surface area contributed by atoms with Crippen LogP contribution in [0.15, 0.2) is 0 Å². The lowest BCUT2D eigenvalue weighted by molar-refractivity contribution is -0.134. The Morgan fingerprint density at radius 2 is 2.10 bits per heavy atom. The number of ether oxygens (including phenoxy) is 1. The molecule has 1 aliphatic heterocycles. The zero-order valence-electron chi connectivity index (χ0n) is 6.01. The quantitative estimate of drug-likeness (QED) is 0.518. The maximum Gasteiger partial charge on any atom is 0.222 e. The van der Waals surface area contributed by atoms with Crippen LogP contribution in [0.25, 0.3) is 0 Å². The lowest BCUT2D eigenvalue weighted by atomic mass is 10.3. The van der Waals surface area contributed by atoms with Crippen molar-refractivity contribution in [3.8, 4) is 0 Å². The topological polar surface area (TPSA) is 29.5 Å². The molecule has 1 amide bonds. The van der Waals surface area contributed by atoms with E-state index in [0.29, 0.717) is 19.6 Å². The monoisotopic (exact) mass is 142 g/mol. The number of carbonyl (C=O) groups excluding carboxylic acids is 1. The molecule has 0 aromatic heterocycles. The van der Waals surface area contributed by atoms with Gasteiger partial charge >= 0.3 is 0 Å². The molecule has 0 unspecified atom stereocenters. The van der Waals surface area contributed by atoms with Crippen molar-refractivity contribution < 1.29 is 9.53 Å². The van der Waals surface area contributed by atoms with Crippen molar-refractivity contribution in [3.05, 3.63) is 6.92 Å². The molecule has 1 fully saturated rings. The molecule has 0 aliphatic carbocycles. The smallest absolute Gasteiger partial charge is 0.222 e. The van der Waals surface area contributed by atoms with E-state index in [4.69, 9.17) is 4.74 Å². The molecule has 1 saturated heterocycles. The van der Waals surface area contributed by atoms with E-state index in [1.54, 1.807) is 4.90 Å². The summed E-state index contributed by atoms with van der Waals surface area (Å²) in [5, 5.41) is 0. The number of hydrogen-bond donors (Lipinski definition) is 0. The second-order valence-electron chi connectivity index (χ2n) is 2.24. The zero-order chi connectivity index (χ0) is 7.40. The van der Waals surface area contributed by atoms with Crippen LogP contribution in [-0.2, 0) is 9.53 Å². The molecule has 1 radical (unpaired) electrons. The molecule has 0 bridgehead atoms. The highest BCUT2D eigenvalue weighted by molar-refractivity contribution is 5.76. The van der Waals surface area contributed by atoms with Crippen molar-refractivity contribution in [1.82, 2.24) is 4.90 Å². The number of hydrogen-bond acceptors (Lipinski definition) is 2. The Labute approximate surface area is 61.0 Å². The highest BCUT2D eigenvalue weighted by Gasteiger charge is 2.13. The molecule has 1 heterocycles. The van der Waals surface area contributed by atoms with Crippen molar-refractivity contribution in [1.29, 1.82) is 0 Å². The van der Waals surface area contributed by atoms with Crippen LogP contribution < -0.4 is 0 Å². The first-order valence-electron chi connectivity index (χ1n) is 3.49. The highest BCUT2D eigenvalue weighted by atomic mass is 16.5. The number of morpholine rings is 1. The number of rotatable bonds is 1. The standard InChI is InChI=1S/C7H12NO2/c1-2-7(9)8-3-5-10-6-4-8/h1-6H2. The second-order valence-corrected chi connectivity index (χ2v) is 2.24. The Kier molecular flexibility index (Phi) is 2.68. The Morgan fingerprint density at radius 3 is 2.60 bits per heavy atom. The molecule has 0 aromatic rings. The fourth-order valence-electron chi connectivity index (χ4n) is 0.971. The van der Waals surface area contributed by atoms with Crippen molar-refractivity contribution in [2.24, 2.45) is 0 Å². The first-order chi connectivity index (χ1) is 4.84. The predicted molar refractivity (Wildman–Crippen MR) is 37.4 cm³/mol. The summed E-state index contributed by atoms with van der Waals surface area (Å²) < 4.78 is 5.08. The summed E-state index contributed by atoms with van der Waals surface area (Å²) in [4.78, 5) is 12.8. The molecule has 57 valence electrons. The lowest BCUT2D eigenvalue weighted by Gasteiger charge is -2.26. The van der Waals surface area contributed by atoms with Gasteiger partial charge in [0.15, 0.2) is 0 Å². The fourth-order valence-corrected chi connectivity index (χ4v) is 0.971. The summed E-state index contributed by atoms with van der Waals surface area (Å²) in [5.74, 6) is 0.128. The maximum absolute atomic E-state index is 11.0. The summed E-state index contributed by atoms with van der Waals surface area (Å²) in [6.45, 7) is 6.33. The molecule has 0 atom stereocenters. The first-order valence-corrected chi connectivity index (χ1v) is 3.49. The molecule has 0 saturated carbocycles. The SMILES string of the molecule is [CH2]CC(=O)N1CCOCC1. The third-order valence-electron chi connectivity index (χ3n) is 1.58. The van der Waals surface area contributed by atoms with Gasteiger partial charge in [0.2, 0.25) is 5.91 Å². The van der Waals surface area contributed by atoms with Gasteiger partial charge in [-0.25, -0.2) is 0 Å². The van der Waals surface area contributed by atoms with E-state index in [1.807, 2.05) is 0 Å². The molecular formula is C7H12NO2. The van der Waals surface area contributed by atoms with Gasteiger partial charge in [0.05, 0.1) is 13.2 Å². The van der Waals surface area contributed by atoms with Crippen LogP contribution >= 0.6 is 0 Å². The van der Waals surface area contributed by atoms with E-state index in [-0.39, 0.29) is 5.91 Å². The maximum atomic E-state index is 11.0. The Bertz CT molecular complexity index is 119. The Hall–Kier alpha value is -0.570. The van der Waals surface area contributed by atoms with Gasteiger partial charge in [0, 0.05) is 19.5 Å². The predicted octanol–water partition coefficient (Wildman–Crippen LogP) is 0.0694. The molecule has 1 aliphatic rings. The summed E-state index contributed by atoms with van der Waals surface area (Å²) in [6, 6.07) is 0. The van der Waals surface area contributed by atoms with Crippen LogP contribution in [0.1, 0.15) is 6.42 Å². The number of carbonyl (C=O) groups is 1. The average molecular weight is 142 g/mol. The molecule has 3 heteroatoms. The van der Waals surface area contributed by atoms with Crippen molar-refractivity contribution in [3.63, 3.8) is 0 Å². The second kappa shape index (κ2) is 3.56. The highest BCUT2D eigenvalue weighted by Crippen LogP contribution is 1.98. The molecular weight excluding hydrogens is 130 g/mol. The summed E-state index contributed by atoms with van der Waals surface area (Å²) in [7, 11) is 0. The van der Waals surface area contributed by atoms with Crippen LogP contribution in [0.4, 0.5) is 0 Å². The van der Waals surface area contributed by atoms with Crippen LogP contribution in [-0.4, -0.2) is 37.1 Å². The third kappa shape index (κ3) is 1.70. The first kappa shape index (κ1) is 7.54.